The molecule has 0 fully saturated rings. The lowest BCUT2D eigenvalue weighted by Crippen LogP contribution is -2.37. The average Bonchev–Trinajstić information content (AvgIpc) is 2.52. The Labute approximate surface area is 128 Å². The highest BCUT2D eigenvalue weighted by Crippen LogP contribution is 2.31. The fourth-order valence-corrected chi connectivity index (χ4v) is 2.22. The van der Waals surface area contributed by atoms with Crippen LogP contribution in [0.5, 0.6) is 5.75 Å². The van der Waals surface area contributed by atoms with Crippen molar-refractivity contribution in [1.82, 2.24) is 0 Å². The Hall–Kier alpha value is -2.34. The molecule has 0 amide bonds. The second-order valence-electron chi connectivity index (χ2n) is 4.98. The van der Waals surface area contributed by atoms with E-state index in [-0.39, 0.29) is 11.4 Å². The molecule has 2 unspecified atom stereocenters. The molecule has 0 aliphatic carbocycles. The van der Waals surface area contributed by atoms with Gasteiger partial charge in [-0.25, -0.2) is 4.79 Å². The van der Waals surface area contributed by atoms with E-state index in [4.69, 9.17) is 9.47 Å². The number of hydrogen-bond acceptors (Lipinski definition) is 5. The minimum Gasteiger partial charge on any atom is -0.497 e. The van der Waals surface area contributed by atoms with Crippen LogP contribution in [0.3, 0.4) is 0 Å². The van der Waals surface area contributed by atoms with Gasteiger partial charge in [-0.05, 0) is 30.7 Å². The highest BCUT2D eigenvalue weighted by atomic mass is 16.5. The van der Waals surface area contributed by atoms with Gasteiger partial charge in [0.1, 0.15) is 11.9 Å². The van der Waals surface area contributed by atoms with Crippen LogP contribution in [0.4, 0.5) is 5.69 Å². The number of ketones is 1. The molecule has 2 N–H and O–H groups in total. The zero-order valence-electron chi connectivity index (χ0n) is 12.8. The van der Waals surface area contributed by atoms with Crippen LogP contribution in [0.15, 0.2) is 23.8 Å². The molecule has 6 nitrogen and oxygen atoms in total. The van der Waals surface area contributed by atoms with Crippen molar-refractivity contribution >= 4 is 23.5 Å². The average molecular weight is 305 g/mol. The standard InChI is InChI=1S/C16H19NO5/c1-4-14(18)9(2)22-15-12(16(19)20)7-10-5-6-11(21-3)8-13(10)17-15/h5-9,15,17H,4H2,1-3H3,(H,19,20). The minimum absolute atomic E-state index is 0.0634. The first-order valence-corrected chi connectivity index (χ1v) is 7.04. The molecule has 1 aromatic carbocycles. The molecule has 1 heterocycles. The first-order chi connectivity index (χ1) is 10.5. The molecule has 0 radical (unpaired) electrons. The van der Waals surface area contributed by atoms with E-state index in [1.54, 1.807) is 45.2 Å². The molecule has 0 bridgehead atoms. The summed E-state index contributed by atoms with van der Waals surface area (Å²) in [5.41, 5.74) is 1.49. The van der Waals surface area contributed by atoms with E-state index in [9.17, 15) is 14.7 Å². The summed E-state index contributed by atoms with van der Waals surface area (Å²) in [7, 11) is 1.55. The van der Waals surface area contributed by atoms with Gasteiger partial charge in [-0.1, -0.05) is 6.92 Å². The molecule has 22 heavy (non-hydrogen) atoms. The molecular formula is C16H19NO5. The Balaban J connectivity index is 2.31. The van der Waals surface area contributed by atoms with Crippen molar-refractivity contribution in [3.05, 3.63) is 29.3 Å². The van der Waals surface area contributed by atoms with Gasteiger partial charge in [0.15, 0.2) is 12.0 Å². The Kier molecular flexibility index (Phi) is 4.82. The second kappa shape index (κ2) is 6.62. The van der Waals surface area contributed by atoms with Crippen LogP contribution < -0.4 is 10.1 Å². The number of fused-ring (bicyclic) bond motifs is 1. The number of ether oxygens (including phenoxy) is 2. The normalized spacial score (nSPS) is 17.8. The topological polar surface area (TPSA) is 84.9 Å². The quantitative estimate of drug-likeness (QED) is 0.839. The summed E-state index contributed by atoms with van der Waals surface area (Å²) in [4.78, 5) is 23.1. The van der Waals surface area contributed by atoms with Gasteiger partial charge in [-0.3, -0.25) is 4.79 Å². The number of carboxylic acid groups (broad SMARTS) is 1. The Morgan fingerprint density at radius 2 is 2.14 bits per heavy atom. The molecule has 1 aliphatic rings. The van der Waals surface area contributed by atoms with E-state index in [1.807, 2.05) is 0 Å². The number of rotatable bonds is 6. The van der Waals surface area contributed by atoms with Crippen LogP contribution in [-0.4, -0.2) is 36.3 Å². The monoisotopic (exact) mass is 305 g/mol. The molecule has 118 valence electrons. The van der Waals surface area contributed by atoms with Crippen LogP contribution in [0.1, 0.15) is 25.8 Å². The second-order valence-corrected chi connectivity index (χ2v) is 4.98. The molecule has 1 aromatic rings. The van der Waals surface area contributed by atoms with Crippen molar-refractivity contribution in [3.8, 4) is 5.75 Å². The molecule has 0 saturated carbocycles. The molecular weight excluding hydrogens is 286 g/mol. The van der Waals surface area contributed by atoms with Crippen LogP contribution in [-0.2, 0) is 14.3 Å². The molecule has 2 rings (SSSR count). The van der Waals surface area contributed by atoms with Gasteiger partial charge in [-0.15, -0.1) is 0 Å². The number of carbonyl (C=O) groups is 2. The largest absolute Gasteiger partial charge is 0.497 e. The summed E-state index contributed by atoms with van der Waals surface area (Å²) in [5.74, 6) is -0.520. The summed E-state index contributed by atoms with van der Waals surface area (Å²) in [5, 5.41) is 12.4. The third-order valence-corrected chi connectivity index (χ3v) is 3.53. The first-order valence-electron chi connectivity index (χ1n) is 7.04. The maximum absolute atomic E-state index is 11.7. The van der Waals surface area contributed by atoms with E-state index in [0.29, 0.717) is 17.9 Å². The minimum atomic E-state index is -1.09. The van der Waals surface area contributed by atoms with Crippen LogP contribution in [0, 0.1) is 0 Å². The van der Waals surface area contributed by atoms with Gasteiger partial charge in [-0.2, -0.15) is 0 Å². The third-order valence-electron chi connectivity index (χ3n) is 3.53. The van der Waals surface area contributed by atoms with Gasteiger partial charge in [0, 0.05) is 18.2 Å². The van der Waals surface area contributed by atoms with E-state index >= 15 is 0 Å². The molecule has 0 aromatic heterocycles. The number of methoxy groups -OCH3 is 1. The Morgan fingerprint density at radius 1 is 1.41 bits per heavy atom. The fourth-order valence-electron chi connectivity index (χ4n) is 2.22. The highest BCUT2D eigenvalue weighted by molar-refractivity contribution is 5.97. The predicted molar refractivity (Wildman–Crippen MR) is 81.9 cm³/mol. The number of nitrogens with one attached hydrogen (secondary N) is 1. The Bertz CT molecular complexity index is 623. The van der Waals surface area contributed by atoms with Crippen LogP contribution >= 0.6 is 0 Å². The molecule has 0 saturated heterocycles. The van der Waals surface area contributed by atoms with Crippen molar-refractivity contribution in [2.75, 3.05) is 12.4 Å². The number of benzene rings is 1. The lowest BCUT2D eigenvalue weighted by Gasteiger charge is -2.28. The van der Waals surface area contributed by atoms with Crippen molar-refractivity contribution in [3.63, 3.8) is 0 Å². The van der Waals surface area contributed by atoms with E-state index in [1.165, 1.54) is 0 Å². The number of hydrogen-bond donors (Lipinski definition) is 2. The summed E-state index contributed by atoms with van der Waals surface area (Å²) in [6.07, 6.45) is 0.311. The lowest BCUT2D eigenvalue weighted by atomic mass is 10.0. The van der Waals surface area contributed by atoms with Crippen molar-refractivity contribution in [1.29, 1.82) is 0 Å². The Morgan fingerprint density at radius 3 is 2.73 bits per heavy atom. The number of carboxylic acids is 1. The number of aliphatic carboxylic acids is 1. The zero-order chi connectivity index (χ0) is 16.3. The van der Waals surface area contributed by atoms with E-state index in [2.05, 4.69) is 5.32 Å². The third kappa shape index (κ3) is 3.28. The summed E-state index contributed by atoms with van der Waals surface area (Å²) in [6.45, 7) is 3.36. The van der Waals surface area contributed by atoms with Crippen LogP contribution in [0.2, 0.25) is 0 Å². The summed E-state index contributed by atoms with van der Waals surface area (Å²) in [6, 6.07) is 5.27. The number of carbonyl (C=O) groups excluding carboxylic acids is 1. The molecule has 0 spiro atoms. The SMILES string of the molecule is CCC(=O)C(C)OC1Nc2cc(OC)ccc2C=C1C(=O)O. The number of anilines is 1. The van der Waals surface area contributed by atoms with Gasteiger partial charge in [0.2, 0.25) is 0 Å². The molecule has 1 aliphatic heterocycles. The summed E-state index contributed by atoms with van der Waals surface area (Å²) < 4.78 is 10.8. The van der Waals surface area contributed by atoms with Gasteiger partial charge >= 0.3 is 5.97 Å². The van der Waals surface area contributed by atoms with Gasteiger partial charge in [0.05, 0.1) is 12.7 Å². The maximum atomic E-state index is 11.7. The summed E-state index contributed by atoms with van der Waals surface area (Å²) >= 11 is 0. The van der Waals surface area contributed by atoms with E-state index < -0.39 is 18.3 Å². The zero-order valence-corrected chi connectivity index (χ0v) is 12.8. The first kappa shape index (κ1) is 16.0. The van der Waals surface area contributed by atoms with Crippen molar-refractivity contribution in [2.45, 2.75) is 32.6 Å². The predicted octanol–water partition coefficient (Wildman–Crippen LogP) is 2.30. The fraction of sp³-hybridized carbons (Fsp3) is 0.375. The number of Topliss-reactive ketones (excluding diaryl/α,β-unsaturated/α-hetero) is 1. The smallest absolute Gasteiger partial charge is 0.336 e. The maximum Gasteiger partial charge on any atom is 0.336 e. The van der Waals surface area contributed by atoms with Crippen molar-refractivity contribution < 1.29 is 24.2 Å². The van der Waals surface area contributed by atoms with Gasteiger partial charge < -0.3 is 19.9 Å². The lowest BCUT2D eigenvalue weighted by molar-refractivity contribution is -0.137. The van der Waals surface area contributed by atoms with Crippen molar-refractivity contribution in [2.24, 2.45) is 0 Å². The van der Waals surface area contributed by atoms with E-state index in [0.717, 1.165) is 5.56 Å². The molecule has 6 heteroatoms. The molecule has 2 atom stereocenters. The highest BCUT2D eigenvalue weighted by Gasteiger charge is 2.29. The van der Waals surface area contributed by atoms with Crippen LogP contribution in [0.25, 0.3) is 6.08 Å². The van der Waals surface area contributed by atoms with Gasteiger partial charge in [0.25, 0.3) is 0 Å².